The Balaban J connectivity index is 1.50. The van der Waals surface area contributed by atoms with E-state index in [-0.39, 0.29) is 19.1 Å². The molecular weight excluding hydrogens is 386 g/mol. The van der Waals surface area contributed by atoms with Crippen LogP contribution < -0.4 is 10.1 Å². The number of aromatic nitrogens is 2. The monoisotopic (exact) mass is 405 g/mol. The first-order chi connectivity index (χ1) is 14.2. The van der Waals surface area contributed by atoms with Crippen molar-refractivity contribution in [3.05, 3.63) is 95.3 Å². The Morgan fingerprint density at radius 3 is 2.48 bits per heavy atom. The predicted octanol–water partition coefficient (Wildman–Crippen LogP) is 4.59. The number of rotatable bonds is 7. The summed E-state index contributed by atoms with van der Waals surface area (Å²) < 4.78 is 7.75. The number of ether oxygens (including phenoxy) is 1. The van der Waals surface area contributed by atoms with Crippen molar-refractivity contribution in [1.82, 2.24) is 14.9 Å². The summed E-state index contributed by atoms with van der Waals surface area (Å²) in [7, 11) is 0. The van der Waals surface area contributed by atoms with E-state index in [1.807, 2.05) is 71.3 Å². The summed E-state index contributed by atoms with van der Waals surface area (Å²) >= 11 is 5.92. The van der Waals surface area contributed by atoms with Crippen molar-refractivity contribution in [1.29, 1.82) is 0 Å². The summed E-state index contributed by atoms with van der Waals surface area (Å²) in [5, 5.41) is 3.62. The molecule has 146 valence electrons. The molecule has 0 aliphatic heterocycles. The third-order valence-corrected chi connectivity index (χ3v) is 4.80. The minimum Gasteiger partial charge on any atom is -0.486 e. The van der Waals surface area contributed by atoms with Gasteiger partial charge in [-0.3, -0.25) is 4.79 Å². The van der Waals surface area contributed by atoms with Gasteiger partial charge in [-0.1, -0.05) is 54.1 Å². The molecule has 6 heteroatoms. The van der Waals surface area contributed by atoms with Gasteiger partial charge in [0.1, 0.15) is 24.7 Å². The van der Waals surface area contributed by atoms with Crippen LogP contribution in [0.25, 0.3) is 11.0 Å². The molecule has 1 N–H and O–H groups in total. The number of para-hydroxylation sites is 2. The van der Waals surface area contributed by atoms with E-state index in [1.165, 1.54) is 0 Å². The van der Waals surface area contributed by atoms with Gasteiger partial charge in [-0.25, -0.2) is 4.98 Å². The maximum absolute atomic E-state index is 12.6. The van der Waals surface area contributed by atoms with Crippen LogP contribution in [0.5, 0.6) is 5.75 Å². The van der Waals surface area contributed by atoms with Gasteiger partial charge < -0.3 is 14.6 Å². The number of nitrogens with one attached hydrogen (secondary N) is 1. The molecule has 4 rings (SSSR count). The third kappa shape index (κ3) is 4.76. The lowest BCUT2D eigenvalue weighted by Gasteiger charge is -2.11. The smallest absolute Gasteiger partial charge is 0.240 e. The molecule has 0 spiro atoms. The van der Waals surface area contributed by atoms with Gasteiger partial charge in [0.25, 0.3) is 0 Å². The molecule has 0 radical (unpaired) electrons. The Labute approximate surface area is 173 Å². The predicted molar refractivity (Wildman–Crippen MR) is 114 cm³/mol. The molecule has 0 atom stereocenters. The Kier molecular flexibility index (Phi) is 5.77. The Hall–Kier alpha value is -3.31. The molecule has 0 bridgehead atoms. The summed E-state index contributed by atoms with van der Waals surface area (Å²) in [6.45, 7) is 0.915. The molecule has 0 aliphatic rings. The summed E-state index contributed by atoms with van der Waals surface area (Å²) in [5.41, 5.74) is 2.79. The molecule has 29 heavy (non-hydrogen) atoms. The van der Waals surface area contributed by atoms with E-state index in [9.17, 15) is 4.79 Å². The first-order valence-electron chi connectivity index (χ1n) is 9.32. The molecule has 0 fully saturated rings. The van der Waals surface area contributed by atoms with E-state index in [1.54, 1.807) is 12.1 Å². The number of hydrogen-bond donors (Lipinski definition) is 1. The van der Waals surface area contributed by atoms with Crippen LogP contribution >= 0.6 is 11.6 Å². The zero-order chi connectivity index (χ0) is 20.1. The Morgan fingerprint density at radius 1 is 0.966 bits per heavy atom. The van der Waals surface area contributed by atoms with Gasteiger partial charge in [0.05, 0.1) is 11.0 Å². The van der Waals surface area contributed by atoms with E-state index < -0.39 is 0 Å². The van der Waals surface area contributed by atoms with E-state index in [4.69, 9.17) is 16.3 Å². The van der Waals surface area contributed by atoms with Crippen LogP contribution in [0.1, 0.15) is 11.4 Å². The third-order valence-electron chi connectivity index (χ3n) is 4.55. The van der Waals surface area contributed by atoms with Crippen molar-refractivity contribution in [2.45, 2.75) is 19.7 Å². The van der Waals surface area contributed by atoms with Crippen molar-refractivity contribution in [3.8, 4) is 5.75 Å². The normalized spacial score (nSPS) is 10.8. The first kappa shape index (κ1) is 19.0. The van der Waals surface area contributed by atoms with E-state index in [2.05, 4.69) is 10.3 Å². The molecule has 1 amide bonds. The van der Waals surface area contributed by atoms with Crippen LogP contribution in [-0.4, -0.2) is 15.5 Å². The van der Waals surface area contributed by atoms with Crippen LogP contribution in [0.3, 0.4) is 0 Å². The fraction of sp³-hybridized carbons (Fsp3) is 0.130. The number of imidazole rings is 1. The zero-order valence-electron chi connectivity index (χ0n) is 15.7. The van der Waals surface area contributed by atoms with Crippen LogP contribution in [0.4, 0.5) is 0 Å². The number of halogens is 1. The van der Waals surface area contributed by atoms with Crippen LogP contribution in [0.15, 0.2) is 78.9 Å². The van der Waals surface area contributed by atoms with Gasteiger partial charge in [-0.2, -0.15) is 0 Å². The average molecular weight is 406 g/mol. The first-order valence-corrected chi connectivity index (χ1v) is 9.70. The lowest BCUT2D eigenvalue weighted by atomic mass is 10.2. The Morgan fingerprint density at radius 2 is 1.69 bits per heavy atom. The number of nitrogens with zero attached hydrogens (tertiary/aromatic N) is 2. The van der Waals surface area contributed by atoms with Crippen molar-refractivity contribution in [3.63, 3.8) is 0 Å². The molecule has 4 aromatic rings. The second kappa shape index (κ2) is 8.80. The summed E-state index contributed by atoms with van der Waals surface area (Å²) in [6.07, 6.45) is 0. The number of benzene rings is 3. The quantitative estimate of drug-likeness (QED) is 0.489. The average Bonchev–Trinajstić information content (AvgIpc) is 3.10. The molecule has 0 unspecified atom stereocenters. The van der Waals surface area contributed by atoms with Crippen LogP contribution in [0, 0.1) is 0 Å². The standard InChI is InChI=1S/C23H20ClN3O2/c24-18-10-12-19(13-11-18)29-16-22-26-20-8-4-5-9-21(20)27(22)15-23(28)25-14-17-6-2-1-3-7-17/h1-13H,14-16H2,(H,25,28). The molecule has 0 saturated heterocycles. The van der Waals surface area contributed by atoms with E-state index in [0.717, 1.165) is 16.6 Å². The number of amides is 1. The van der Waals surface area contributed by atoms with Gasteiger partial charge in [-0.05, 0) is 42.0 Å². The van der Waals surface area contributed by atoms with Crippen LogP contribution in [-0.2, 0) is 24.5 Å². The fourth-order valence-electron chi connectivity index (χ4n) is 3.09. The highest BCUT2D eigenvalue weighted by atomic mass is 35.5. The molecule has 1 aromatic heterocycles. The maximum Gasteiger partial charge on any atom is 0.240 e. The van der Waals surface area contributed by atoms with Gasteiger partial charge in [0.2, 0.25) is 5.91 Å². The van der Waals surface area contributed by atoms with Crippen molar-refractivity contribution in [2.24, 2.45) is 0 Å². The SMILES string of the molecule is O=C(Cn1c(COc2ccc(Cl)cc2)nc2ccccc21)NCc1ccccc1. The maximum atomic E-state index is 12.6. The van der Waals surface area contributed by atoms with Crippen molar-refractivity contribution >= 4 is 28.5 Å². The molecule has 0 aliphatic carbocycles. The summed E-state index contributed by atoms with van der Waals surface area (Å²) in [4.78, 5) is 17.2. The second-order valence-corrected chi connectivity index (χ2v) is 7.04. The highest BCUT2D eigenvalue weighted by Gasteiger charge is 2.14. The van der Waals surface area contributed by atoms with Gasteiger partial charge >= 0.3 is 0 Å². The topological polar surface area (TPSA) is 56.2 Å². The largest absolute Gasteiger partial charge is 0.486 e. The molecule has 5 nitrogen and oxygen atoms in total. The summed E-state index contributed by atoms with van der Waals surface area (Å²) in [5.74, 6) is 1.31. The van der Waals surface area contributed by atoms with Gasteiger partial charge in [0.15, 0.2) is 0 Å². The zero-order valence-corrected chi connectivity index (χ0v) is 16.5. The minimum absolute atomic E-state index is 0.0789. The lowest BCUT2D eigenvalue weighted by molar-refractivity contribution is -0.121. The number of hydrogen-bond acceptors (Lipinski definition) is 3. The van der Waals surface area contributed by atoms with Crippen LogP contribution in [0.2, 0.25) is 5.02 Å². The number of fused-ring (bicyclic) bond motifs is 1. The van der Waals surface area contributed by atoms with Gasteiger partial charge in [0, 0.05) is 11.6 Å². The molecular formula is C23H20ClN3O2. The summed E-state index contributed by atoms with van der Waals surface area (Å²) in [6, 6.07) is 24.8. The minimum atomic E-state index is -0.0789. The van der Waals surface area contributed by atoms with Crippen molar-refractivity contribution in [2.75, 3.05) is 0 Å². The molecule has 3 aromatic carbocycles. The molecule has 1 heterocycles. The highest BCUT2D eigenvalue weighted by Crippen LogP contribution is 2.20. The molecule has 0 saturated carbocycles. The second-order valence-electron chi connectivity index (χ2n) is 6.61. The van der Waals surface area contributed by atoms with E-state index in [0.29, 0.717) is 23.1 Å². The van der Waals surface area contributed by atoms with Crippen molar-refractivity contribution < 1.29 is 9.53 Å². The fourth-order valence-corrected chi connectivity index (χ4v) is 3.21. The lowest BCUT2D eigenvalue weighted by Crippen LogP contribution is -2.28. The van der Waals surface area contributed by atoms with E-state index >= 15 is 0 Å². The number of carbonyl (C=O) groups is 1. The highest BCUT2D eigenvalue weighted by molar-refractivity contribution is 6.30. The Bertz CT molecular complexity index is 1110. The number of carbonyl (C=O) groups excluding carboxylic acids is 1. The van der Waals surface area contributed by atoms with Gasteiger partial charge in [-0.15, -0.1) is 0 Å².